The van der Waals surface area contributed by atoms with Crippen molar-refractivity contribution in [1.82, 2.24) is 24.6 Å². The highest BCUT2D eigenvalue weighted by molar-refractivity contribution is 5.93. The average molecular weight is 371 g/mol. The number of H-pyrrole nitrogens is 1. The summed E-state index contributed by atoms with van der Waals surface area (Å²) < 4.78 is 2.13. The fourth-order valence-electron chi connectivity index (χ4n) is 3.92. The van der Waals surface area contributed by atoms with Gasteiger partial charge in [-0.3, -0.25) is 9.89 Å². The fourth-order valence-corrected chi connectivity index (χ4v) is 3.92. The Hall–Kier alpha value is -3.41. The number of rotatable bonds is 4. The van der Waals surface area contributed by atoms with Crippen LogP contribution in [0.25, 0.3) is 11.0 Å². The van der Waals surface area contributed by atoms with Crippen LogP contribution in [0.1, 0.15) is 40.0 Å². The Kier molecular flexibility index (Phi) is 3.97. The van der Waals surface area contributed by atoms with E-state index in [2.05, 4.69) is 37.9 Å². The van der Waals surface area contributed by atoms with Gasteiger partial charge in [0, 0.05) is 6.54 Å². The van der Waals surface area contributed by atoms with Crippen molar-refractivity contribution in [2.45, 2.75) is 25.9 Å². The third-order valence-electron chi connectivity index (χ3n) is 5.49. The average Bonchev–Trinajstić information content (AvgIpc) is 3.27. The highest BCUT2D eigenvalue weighted by Gasteiger charge is 2.34. The number of nitrogens with zero attached hydrogens (tertiary/aromatic N) is 4. The smallest absolute Gasteiger partial charge is 0.274 e. The number of carbonyl (C=O) groups is 1. The van der Waals surface area contributed by atoms with Crippen molar-refractivity contribution in [3.63, 3.8) is 0 Å². The number of hydrogen-bond donors (Lipinski definition) is 1. The van der Waals surface area contributed by atoms with E-state index in [4.69, 9.17) is 0 Å². The van der Waals surface area contributed by atoms with Gasteiger partial charge in [0.1, 0.15) is 11.5 Å². The van der Waals surface area contributed by atoms with E-state index in [0.717, 1.165) is 35.5 Å². The molecule has 4 aromatic rings. The summed E-state index contributed by atoms with van der Waals surface area (Å²) in [6, 6.07) is 20.2. The van der Waals surface area contributed by atoms with Crippen LogP contribution in [0, 0.1) is 6.92 Å². The Morgan fingerprint density at radius 1 is 1.14 bits per heavy atom. The minimum atomic E-state index is -0.0187. The van der Waals surface area contributed by atoms with Crippen molar-refractivity contribution >= 4 is 16.9 Å². The molecule has 5 rings (SSSR count). The summed E-state index contributed by atoms with van der Waals surface area (Å²) in [5, 5.41) is 7.32. The highest BCUT2D eigenvalue weighted by Crippen LogP contribution is 2.34. The van der Waals surface area contributed by atoms with Crippen LogP contribution in [0.3, 0.4) is 0 Å². The van der Waals surface area contributed by atoms with Gasteiger partial charge in [-0.1, -0.05) is 42.5 Å². The molecule has 0 aliphatic carbocycles. The lowest BCUT2D eigenvalue weighted by molar-refractivity contribution is 0.0454. The molecule has 28 heavy (non-hydrogen) atoms. The largest absolute Gasteiger partial charge is 0.330 e. The van der Waals surface area contributed by atoms with Crippen molar-refractivity contribution in [2.75, 3.05) is 6.54 Å². The molecule has 140 valence electrons. The molecule has 2 aromatic heterocycles. The number of para-hydroxylation sites is 2. The number of hydrogen-bond acceptors (Lipinski definition) is 3. The number of aromatic amines is 1. The summed E-state index contributed by atoms with van der Waals surface area (Å²) in [6.45, 7) is 3.37. The van der Waals surface area contributed by atoms with E-state index in [9.17, 15) is 4.79 Å². The molecule has 1 atom stereocenters. The van der Waals surface area contributed by atoms with Gasteiger partial charge in [0.15, 0.2) is 0 Å². The van der Waals surface area contributed by atoms with Crippen LogP contribution in [0.2, 0.25) is 0 Å². The quantitative estimate of drug-likeness (QED) is 0.595. The molecule has 3 heterocycles. The van der Waals surface area contributed by atoms with E-state index in [1.165, 1.54) is 5.56 Å². The van der Waals surface area contributed by atoms with Crippen LogP contribution in [-0.2, 0) is 6.54 Å². The number of benzene rings is 2. The van der Waals surface area contributed by atoms with Gasteiger partial charge in [-0.15, -0.1) is 0 Å². The van der Waals surface area contributed by atoms with Gasteiger partial charge in [0.2, 0.25) is 0 Å². The predicted molar refractivity (Wildman–Crippen MR) is 107 cm³/mol. The summed E-state index contributed by atoms with van der Waals surface area (Å²) in [7, 11) is 0. The molecule has 1 unspecified atom stereocenters. The molecule has 1 amide bonds. The van der Waals surface area contributed by atoms with Gasteiger partial charge >= 0.3 is 0 Å². The molecule has 0 saturated carbocycles. The molecule has 0 bridgehead atoms. The van der Waals surface area contributed by atoms with E-state index in [0.29, 0.717) is 12.2 Å². The first-order valence-electron chi connectivity index (χ1n) is 9.53. The first-order valence-corrected chi connectivity index (χ1v) is 9.53. The maximum absolute atomic E-state index is 12.9. The predicted octanol–water partition coefficient (Wildman–Crippen LogP) is 3.70. The van der Waals surface area contributed by atoms with E-state index in [-0.39, 0.29) is 11.9 Å². The van der Waals surface area contributed by atoms with E-state index in [1.807, 2.05) is 54.3 Å². The Balaban J connectivity index is 1.36. The van der Waals surface area contributed by atoms with Crippen molar-refractivity contribution in [1.29, 1.82) is 0 Å². The number of amides is 1. The van der Waals surface area contributed by atoms with Crippen LogP contribution in [0.15, 0.2) is 60.7 Å². The van der Waals surface area contributed by atoms with Crippen molar-refractivity contribution in [3.05, 3.63) is 83.4 Å². The minimum absolute atomic E-state index is 0.0187. The second-order valence-corrected chi connectivity index (χ2v) is 7.23. The van der Waals surface area contributed by atoms with Gasteiger partial charge in [-0.25, -0.2) is 4.98 Å². The molecular formula is C22H21N5O. The molecule has 1 aliphatic heterocycles. The summed E-state index contributed by atoms with van der Waals surface area (Å²) in [5.74, 6) is 0.922. The summed E-state index contributed by atoms with van der Waals surface area (Å²) >= 11 is 0. The maximum Gasteiger partial charge on any atom is 0.274 e. The lowest BCUT2D eigenvalue weighted by Gasteiger charge is -2.41. The molecule has 1 saturated heterocycles. The second-order valence-electron chi connectivity index (χ2n) is 7.23. The van der Waals surface area contributed by atoms with Crippen LogP contribution < -0.4 is 0 Å². The van der Waals surface area contributed by atoms with Crippen LogP contribution in [-0.4, -0.2) is 37.1 Å². The minimum Gasteiger partial charge on any atom is -0.330 e. The van der Waals surface area contributed by atoms with Gasteiger partial charge in [-0.2, -0.15) is 5.10 Å². The zero-order valence-corrected chi connectivity index (χ0v) is 15.7. The van der Waals surface area contributed by atoms with Gasteiger partial charge < -0.3 is 9.47 Å². The van der Waals surface area contributed by atoms with E-state index >= 15 is 0 Å². The lowest BCUT2D eigenvalue weighted by Crippen LogP contribution is -2.45. The van der Waals surface area contributed by atoms with Crippen molar-refractivity contribution < 1.29 is 4.79 Å². The van der Waals surface area contributed by atoms with Gasteiger partial charge in [0.25, 0.3) is 5.91 Å². The van der Waals surface area contributed by atoms with E-state index < -0.39 is 0 Å². The van der Waals surface area contributed by atoms with Crippen LogP contribution in [0.5, 0.6) is 0 Å². The standard InChI is InChI=1S/C22H21N5O/c1-15-23-18-9-5-6-10-21(18)27(15)14-17-13-19(25-24-17)22(28)26-12-11-20(26)16-7-3-2-4-8-16/h2-10,13,20H,11-12,14H2,1H3,(H,24,25). The number of fused-ring (bicyclic) bond motifs is 1. The first kappa shape index (κ1) is 16.7. The molecular weight excluding hydrogens is 350 g/mol. The number of aryl methyl sites for hydroxylation is 1. The molecule has 1 aliphatic rings. The lowest BCUT2D eigenvalue weighted by atomic mass is 9.94. The fraction of sp³-hybridized carbons (Fsp3) is 0.227. The summed E-state index contributed by atoms with van der Waals surface area (Å²) in [4.78, 5) is 19.4. The van der Waals surface area contributed by atoms with Crippen LogP contribution in [0.4, 0.5) is 0 Å². The number of nitrogens with one attached hydrogen (secondary N) is 1. The monoisotopic (exact) mass is 371 g/mol. The molecule has 0 spiro atoms. The molecule has 1 fully saturated rings. The Labute approximate surface area is 162 Å². The second kappa shape index (κ2) is 6.64. The van der Waals surface area contributed by atoms with Gasteiger partial charge in [0.05, 0.1) is 29.3 Å². The Morgan fingerprint density at radius 3 is 2.71 bits per heavy atom. The Bertz CT molecular complexity index is 1140. The maximum atomic E-state index is 12.9. The molecule has 0 radical (unpaired) electrons. The third kappa shape index (κ3) is 2.78. The zero-order chi connectivity index (χ0) is 19.1. The zero-order valence-electron chi connectivity index (χ0n) is 15.7. The van der Waals surface area contributed by atoms with E-state index in [1.54, 1.807) is 0 Å². The Morgan fingerprint density at radius 2 is 1.93 bits per heavy atom. The number of likely N-dealkylation sites (tertiary alicyclic amines) is 1. The number of imidazole rings is 1. The molecule has 6 heteroatoms. The normalized spacial score (nSPS) is 16.3. The first-order chi connectivity index (χ1) is 13.7. The molecule has 6 nitrogen and oxygen atoms in total. The number of carbonyl (C=O) groups excluding carboxylic acids is 1. The summed E-state index contributed by atoms with van der Waals surface area (Å²) in [6.07, 6.45) is 0.993. The molecule has 1 N–H and O–H groups in total. The SMILES string of the molecule is Cc1nc2ccccc2n1Cc1cc(C(=O)N2CCC2c2ccccc2)n[nH]1. The topological polar surface area (TPSA) is 66.8 Å². The van der Waals surface area contributed by atoms with Crippen molar-refractivity contribution in [3.8, 4) is 0 Å². The van der Waals surface area contributed by atoms with Crippen LogP contribution >= 0.6 is 0 Å². The molecule has 2 aromatic carbocycles. The van der Waals surface area contributed by atoms with Gasteiger partial charge in [-0.05, 0) is 37.1 Å². The third-order valence-corrected chi connectivity index (χ3v) is 5.49. The summed E-state index contributed by atoms with van der Waals surface area (Å²) in [5.41, 5.74) is 4.60. The number of aromatic nitrogens is 4. The van der Waals surface area contributed by atoms with Crippen molar-refractivity contribution in [2.24, 2.45) is 0 Å². The highest BCUT2D eigenvalue weighted by atomic mass is 16.2.